The quantitative estimate of drug-likeness (QED) is 0.444. The molecule has 0 unspecified atom stereocenters. The maximum atomic E-state index is 6.73. The minimum absolute atomic E-state index is 0.700. The second-order valence-electron chi connectivity index (χ2n) is 6.71. The lowest BCUT2D eigenvalue weighted by Crippen LogP contribution is -1.98. The average Bonchev–Trinajstić information content (AvgIpc) is 2.72. The van der Waals surface area contributed by atoms with Crippen molar-refractivity contribution >= 4 is 34.4 Å². The Bertz CT molecular complexity index is 813. The van der Waals surface area contributed by atoms with Crippen molar-refractivity contribution in [2.75, 3.05) is 10.6 Å². The number of halogens is 1. The third-order valence-electron chi connectivity index (χ3n) is 4.82. The van der Waals surface area contributed by atoms with Gasteiger partial charge in [0, 0.05) is 11.4 Å². The molecule has 0 aliphatic rings. The minimum Gasteiger partial charge on any atom is -0.354 e. The van der Waals surface area contributed by atoms with Gasteiger partial charge in [-0.25, -0.2) is 0 Å². The van der Waals surface area contributed by atoms with Gasteiger partial charge in [0.2, 0.25) is 0 Å². The summed E-state index contributed by atoms with van der Waals surface area (Å²) in [6, 6.07) is 21.2. The first-order valence-corrected chi connectivity index (χ1v) is 10.0. The highest BCUT2D eigenvalue weighted by Crippen LogP contribution is 2.36. The minimum atomic E-state index is 0.700. The SMILES string of the molecule is CCc1ccc(Nc2cc(CC)cc(Nc3ccc(CC)cc3)c2Cl)cc1. The van der Waals surface area contributed by atoms with Gasteiger partial charge in [-0.1, -0.05) is 56.6 Å². The van der Waals surface area contributed by atoms with E-state index in [-0.39, 0.29) is 0 Å². The largest absolute Gasteiger partial charge is 0.354 e. The summed E-state index contributed by atoms with van der Waals surface area (Å²) in [5.41, 5.74) is 7.82. The van der Waals surface area contributed by atoms with Crippen molar-refractivity contribution in [1.82, 2.24) is 0 Å². The van der Waals surface area contributed by atoms with Crippen LogP contribution in [0, 0.1) is 0 Å². The van der Waals surface area contributed by atoms with E-state index in [1.165, 1.54) is 16.7 Å². The summed E-state index contributed by atoms with van der Waals surface area (Å²) >= 11 is 6.73. The summed E-state index contributed by atoms with van der Waals surface area (Å²) in [4.78, 5) is 0. The van der Waals surface area contributed by atoms with E-state index in [2.05, 4.69) is 92.1 Å². The van der Waals surface area contributed by atoms with Crippen molar-refractivity contribution in [3.05, 3.63) is 82.4 Å². The molecular weight excluding hydrogens is 352 g/mol. The predicted molar refractivity (Wildman–Crippen MR) is 119 cm³/mol. The van der Waals surface area contributed by atoms with Crippen LogP contribution < -0.4 is 10.6 Å². The lowest BCUT2D eigenvalue weighted by Gasteiger charge is -2.16. The van der Waals surface area contributed by atoms with Gasteiger partial charge < -0.3 is 10.6 Å². The van der Waals surface area contributed by atoms with Gasteiger partial charge in [0.15, 0.2) is 0 Å². The Labute approximate surface area is 167 Å². The molecule has 0 saturated carbocycles. The Kier molecular flexibility index (Phi) is 6.41. The van der Waals surface area contributed by atoms with E-state index in [0.29, 0.717) is 5.02 Å². The van der Waals surface area contributed by atoms with E-state index in [4.69, 9.17) is 11.6 Å². The van der Waals surface area contributed by atoms with Crippen LogP contribution >= 0.6 is 11.6 Å². The van der Waals surface area contributed by atoms with Crippen LogP contribution in [0.15, 0.2) is 60.7 Å². The summed E-state index contributed by atoms with van der Waals surface area (Å²) < 4.78 is 0. The second-order valence-corrected chi connectivity index (χ2v) is 7.09. The summed E-state index contributed by atoms with van der Waals surface area (Å²) in [7, 11) is 0. The average molecular weight is 379 g/mol. The summed E-state index contributed by atoms with van der Waals surface area (Å²) in [6.07, 6.45) is 3.03. The van der Waals surface area contributed by atoms with Crippen LogP contribution in [0.3, 0.4) is 0 Å². The topological polar surface area (TPSA) is 24.1 Å². The van der Waals surface area contributed by atoms with E-state index in [9.17, 15) is 0 Å². The number of rotatable bonds is 7. The van der Waals surface area contributed by atoms with Crippen LogP contribution in [0.5, 0.6) is 0 Å². The number of nitrogens with one attached hydrogen (secondary N) is 2. The fourth-order valence-corrected chi connectivity index (χ4v) is 3.23. The van der Waals surface area contributed by atoms with Crippen molar-refractivity contribution in [2.45, 2.75) is 40.0 Å². The van der Waals surface area contributed by atoms with Gasteiger partial charge in [0.1, 0.15) is 0 Å². The van der Waals surface area contributed by atoms with Crippen LogP contribution in [0.4, 0.5) is 22.7 Å². The molecule has 0 bridgehead atoms. The van der Waals surface area contributed by atoms with Gasteiger partial charge in [-0.05, 0) is 72.4 Å². The van der Waals surface area contributed by atoms with Crippen molar-refractivity contribution in [3.63, 3.8) is 0 Å². The molecule has 0 aliphatic carbocycles. The second kappa shape index (κ2) is 8.96. The standard InChI is InChI=1S/C24H27ClN2/c1-4-17-7-11-20(12-8-17)26-22-15-19(6-3)16-23(24(22)25)27-21-13-9-18(5-2)10-14-21/h7-16,26-27H,4-6H2,1-3H3. The fraction of sp³-hybridized carbons (Fsp3) is 0.250. The smallest absolute Gasteiger partial charge is 0.0875 e. The maximum absolute atomic E-state index is 6.73. The Morgan fingerprint density at radius 3 is 1.30 bits per heavy atom. The Morgan fingerprint density at radius 2 is 0.963 bits per heavy atom. The molecule has 2 nitrogen and oxygen atoms in total. The maximum Gasteiger partial charge on any atom is 0.0875 e. The molecule has 3 aromatic rings. The fourth-order valence-electron chi connectivity index (χ4n) is 3.03. The molecule has 0 aromatic heterocycles. The summed E-state index contributed by atoms with van der Waals surface area (Å²) in [5.74, 6) is 0. The molecule has 0 saturated heterocycles. The lowest BCUT2D eigenvalue weighted by molar-refractivity contribution is 1.14. The molecule has 0 spiro atoms. The first-order chi connectivity index (χ1) is 13.1. The molecule has 0 fully saturated rings. The highest BCUT2D eigenvalue weighted by atomic mass is 35.5. The summed E-state index contributed by atoms with van der Waals surface area (Å²) in [6.45, 7) is 6.48. The lowest BCUT2D eigenvalue weighted by atomic mass is 10.1. The first kappa shape index (κ1) is 19.3. The van der Waals surface area contributed by atoms with Crippen molar-refractivity contribution in [3.8, 4) is 0 Å². The van der Waals surface area contributed by atoms with Crippen LogP contribution in [-0.2, 0) is 19.3 Å². The Balaban J connectivity index is 1.88. The number of benzene rings is 3. The van der Waals surface area contributed by atoms with E-state index in [0.717, 1.165) is 42.0 Å². The molecule has 0 aliphatic heterocycles. The molecule has 3 heteroatoms. The number of aryl methyl sites for hydroxylation is 3. The van der Waals surface area contributed by atoms with Crippen molar-refractivity contribution < 1.29 is 0 Å². The van der Waals surface area contributed by atoms with Crippen molar-refractivity contribution in [1.29, 1.82) is 0 Å². The molecule has 0 radical (unpaired) electrons. The number of hydrogen-bond acceptors (Lipinski definition) is 2. The third kappa shape index (κ3) is 4.84. The van der Waals surface area contributed by atoms with E-state index < -0.39 is 0 Å². The molecule has 140 valence electrons. The highest BCUT2D eigenvalue weighted by Gasteiger charge is 2.10. The van der Waals surface area contributed by atoms with Gasteiger partial charge >= 0.3 is 0 Å². The zero-order valence-corrected chi connectivity index (χ0v) is 17.0. The highest BCUT2D eigenvalue weighted by molar-refractivity contribution is 6.36. The molecule has 27 heavy (non-hydrogen) atoms. The van der Waals surface area contributed by atoms with Crippen LogP contribution in [-0.4, -0.2) is 0 Å². The molecule has 3 rings (SSSR count). The third-order valence-corrected chi connectivity index (χ3v) is 5.23. The number of anilines is 4. The van der Waals surface area contributed by atoms with Gasteiger partial charge in [-0.2, -0.15) is 0 Å². The molecule has 2 N–H and O–H groups in total. The van der Waals surface area contributed by atoms with Crippen LogP contribution in [0.2, 0.25) is 5.02 Å². The van der Waals surface area contributed by atoms with Gasteiger partial charge in [0.25, 0.3) is 0 Å². The Hall–Kier alpha value is -2.45. The molecule has 0 heterocycles. The van der Waals surface area contributed by atoms with E-state index in [1.54, 1.807) is 0 Å². The van der Waals surface area contributed by atoms with Gasteiger partial charge in [-0.15, -0.1) is 0 Å². The molecule has 3 aromatic carbocycles. The van der Waals surface area contributed by atoms with Gasteiger partial charge in [-0.3, -0.25) is 0 Å². The Morgan fingerprint density at radius 1 is 0.593 bits per heavy atom. The predicted octanol–water partition coefficient (Wildman–Crippen LogP) is 7.51. The number of hydrogen-bond donors (Lipinski definition) is 2. The van der Waals surface area contributed by atoms with Crippen LogP contribution in [0.25, 0.3) is 0 Å². The monoisotopic (exact) mass is 378 g/mol. The first-order valence-electron chi connectivity index (χ1n) is 9.67. The zero-order chi connectivity index (χ0) is 19.2. The van der Waals surface area contributed by atoms with E-state index >= 15 is 0 Å². The molecular formula is C24H27ClN2. The molecule has 0 atom stereocenters. The van der Waals surface area contributed by atoms with E-state index in [1.807, 2.05) is 0 Å². The van der Waals surface area contributed by atoms with Crippen LogP contribution in [0.1, 0.15) is 37.5 Å². The van der Waals surface area contributed by atoms with Gasteiger partial charge in [0.05, 0.1) is 16.4 Å². The normalized spacial score (nSPS) is 10.7. The van der Waals surface area contributed by atoms with Crippen molar-refractivity contribution in [2.24, 2.45) is 0 Å². The molecule has 0 amide bonds. The summed E-state index contributed by atoms with van der Waals surface area (Å²) in [5, 5.41) is 7.64. The zero-order valence-electron chi connectivity index (χ0n) is 16.3.